The van der Waals surface area contributed by atoms with Crippen molar-refractivity contribution in [2.24, 2.45) is 11.8 Å². The number of aliphatic hydroxyl groups is 1. The summed E-state index contributed by atoms with van der Waals surface area (Å²) in [6, 6.07) is 5.98. The van der Waals surface area contributed by atoms with Gasteiger partial charge < -0.3 is 14.6 Å². The van der Waals surface area contributed by atoms with E-state index in [1.54, 1.807) is 0 Å². The van der Waals surface area contributed by atoms with Gasteiger partial charge in [0.15, 0.2) is 11.5 Å². The van der Waals surface area contributed by atoms with E-state index in [4.69, 9.17) is 9.47 Å². The summed E-state index contributed by atoms with van der Waals surface area (Å²) in [4.78, 5) is 0. The SMILES string of the molecule is CC(C)C1CCCCC1(O)c1ccc2c(c1)OCCCO2. The maximum Gasteiger partial charge on any atom is 0.161 e. The topological polar surface area (TPSA) is 38.7 Å². The molecule has 0 amide bonds. The Morgan fingerprint density at radius 2 is 1.86 bits per heavy atom. The third kappa shape index (κ3) is 2.76. The first kappa shape index (κ1) is 14.7. The Hall–Kier alpha value is -1.22. The molecule has 1 N–H and O–H groups in total. The lowest BCUT2D eigenvalue weighted by Crippen LogP contribution is -2.40. The summed E-state index contributed by atoms with van der Waals surface area (Å²) < 4.78 is 11.5. The summed E-state index contributed by atoms with van der Waals surface area (Å²) in [6.45, 7) is 5.81. The molecule has 1 aromatic rings. The van der Waals surface area contributed by atoms with Crippen molar-refractivity contribution in [3.8, 4) is 11.5 Å². The molecule has 3 heteroatoms. The molecule has 3 nitrogen and oxygen atoms in total. The van der Waals surface area contributed by atoms with Crippen molar-refractivity contribution in [1.29, 1.82) is 0 Å². The van der Waals surface area contributed by atoms with Crippen molar-refractivity contribution < 1.29 is 14.6 Å². The van der Waals surface area contributed by atoms with Crippen LogP contribution in [0.25, 0.3) is 0 Å². The Kier molecular flexibility index (Phi) is 4.12. The van der Waals surface area contributed by atoms with E-state index in [2.05, 4.69) is 13.8 Å². The Morgan fingerprint density at radius 1 is 1.10 bits per heavy atom. The smallest absolute Gasteiger partial charge is 0.161 e. The molecule has 3 rings (SSSR count). The summed E-state index contributed by atoms with van der Waals surface area (Å²) in [5.74, 6) is 2.38. The van der Waals surface area contributed by atoms with E-state index in [0.29, 0.717) is 25.0 Å². The molecule has 0 spiro atoms. The molecule has 1 aromatic carbocycles. The fourth-order valence-electron chi connectivity index (χ4n) is 3.86. The molecule has 0 aromatic heterocycles. The van der Waals surface area contributed by atoms with Crippen molar-refractivity contribution in [1.82, 2.24) is 0 Å². The number of fused-ring (bicyclic) bond motifs is 1. The van der Waals surface area contributed by atoms with E-state index in [1.165, 1.54) is 6.42 Å². The first-order chi connectivity index (χ1) is 10.1. The third-order valence-corrected chi connectivity index (χ3v) is 4.99. The van der Waals surface area contributed by atoms with Crippen molar-refractivity contribution in [2.75, 3.05) is 13.2 Å². The summed E-state index contributed by atoms with van der Waals surface area (Å²) in [6.07, 6.45) is 5.16. The van der Waals surface area contributed by atoms with Gasteiger partial charge in [-0.05, 0) is 42.4 Å². The van der Waals surface area contributed by atoms with Crippen LogP contribution in [-0.2, 0) is 5.60 Å². The van der Waals surface area contributed by atoms with E-state index in [0.717, 1.165) is 42.7 Å². The summed E-state index contributed by atoms with van der Waals surface area (Å²) in [5.41, 5.74) is 0.266. The van der Waals surface area contributed by atoms with Crippen LogP contribution in [0.2, 0.25) is 0 Å². The zero-order chi connectivity index (χ0) is 14.9. The van der Waals surface area contributed by atoms with E-state index in [9.17, 15) is 5.11 Å². The van der Waals surface area contributed by atoms with Gasteiger partial charge in [0.25, 0.3) is 0 Å². The lowest BCUT2D eigenvalue weighted by Gasteiger charge is -2.43. The molecule has 1 heterocycles. The van der Waals surface area contributed by atoms with Gasteiger partial charge in [-0.2, -0.15) is 0 Å². The lowest BCUT2D eigenvalue weighted by atomic mass is 9.67. The Labute approximate surface area is 127 Å². The van der Waals surface area contributed by atoms with Crippen LogP contribution in [0.1, 0.15) is 51.5 Å². The second-order valence-corrected chi connectivity index (χ2v) is 6.73. The highest BCUT2D eigenvalue weighted by Gasteiger charge is 2.42. The second-order valence-electron chi connectivity index (χ2n) is 6.73. The molecule has 2 atom stereocenters. The molecule has 1 saturated carbocycles. The van der Waals surface area contributed by atoms with Crippen LogP contribution in [-0.4, -0.2) is 18.3 Å². The third-order valence-electron chi connectivity index (χ3n) is 4.99. The van der Waals surface area contributed by atoms with E-state index in [-0.39, 0.29) is 0 Å². The molecular formula is C18H26O3. The normalized spacial score (nSPS) is 29.2. The molecule has 2 aliphatic rings. The minimum absolute atomic E-state index is 0.316. The molecule has 1 aliphatic carbocycles. The quantitative estimate of drug-likeness (QED) is 0.898. The van der Waals surface area contributed by atoms with Gasteiger partial charge in [-0.3, -0.25) is 0 Å². The number of hydrogen-bond donors (Lipinski definition) is 1. The van der Waals surface area contributed by atoms with Crippen LogP contribution in [0.3, 0.4) is 0 Å². The van der Waals surface area contributed by atoms with Gasteiger partial charge in [-0.1, -0.05) is 32.8 Å². The minimum Gasteiger partial charge on any atom is -0.490 e. The van der Waals surface area contributed by atoms with E-state index < -0.39 is 5.60 Å². The average molecular weight is 290 g/mol. The Morgan fingerprint density at radius 3 is 2.62 bits per heavy atom. The molecule has 1 fully saturated rings. The Bertz CT molecular complexity index is 497. The van der Waals surface area contributed by atoms with Gasteiger partial charge in [0.05, 0.1) is 18.8 Å². The molecule has 21 heavy (non-hydrogen) atoms. The number of ether oxygens (including phenoxy) is 2. The van der Waals surface area contributed by atoms with Gasteiger partial charge in [0, 0.05) is 6.42 Å². The maximum absolute atomic E-state index is 11.3. The van der Waals surface area contributed by atoms with Crippen LogP contribution < -0.4 is 9.47 Å². The molecular weight excluding hydrogens is 264 g/mol. The fraction of sp³-hybridized carbons (Fsp3) is 0.667. The predicted octanol–water partition coefficient (Wildman–Crippen LogP) is 3.88. The van der Waals surface area contributed by atoms with Gasteiger partial charge >= 0.3 is 0 Å². The van der Waals surface area contributed by atoms with E-state index in [1.807, 2.05) is 18.2 Å². The highest BCUT2D eigenvalue weighted by molar-refractivity contribution is 5.45. The van der Waals surface area contributed by atoms with Crippen LogP contribution >= 0.6 is 0 Å². The first-order valence-electron chi connectivity index (χ1n) is 8.24. The van der Waals surface area contributed by atoms with Gasteiger partial charge in [0.2, 0.25) is 0 Å². The summed E-state index contributed by atoms with van der Waals surface area (Å²) in [5, 5.41) is 11.3. The average Bonchev–Trinajstić information content (AvgIpc) is 2.71. The largest absolute Gasteiger partial charge is 0.490 e. The van der Waals surface area contributed by atoms with Crippen LogP contribution in [0.5, 0.6) is 11.5 Å². The molecule has 0 bridgehead atoms. The molecule has 116 valence electrons. The second kappa shape index (κ2) is 5.88. The predicted molar refractivity (Wildman–Crippen MR) is 82.7 cm³/mol. The summed E-state index contributed by atoms with van der Waals surface area (Å²) in [7, 11) is 0. The van der Waals surface area contributed by atoms with Gasteiger partial charge in [-0.25, -0.2) is 0 Å². The van der Waals surface area contributed by atoms with Gasteiger partial charge in [0.1, 0.15) is 0 Å². The first-order valence-corrected chi connectivity index (χ1v) is 8.24. The van der Waals surface area contributed by atoms with E-state index >= 15 is 0 Å². The highest BCUT2D eigenvalue weighted by Crippen LogP contribution is 2.47. The van der Waals surface area contributed by atoms with Crippen LogP contribution in [0.15, 0.2) is 18.2 Å². The van der Waals surface area contributed by atoms with Crippen LogP contribution in [0.4, 0.5) is 0 Å². The fourth-order valence-corrected chi connectivity index (χ4v) is 3.86. The maximum atomic E-state index is 11.3. The van der Waals surface area contributed by atoms with Crippen molar-refractivity contribution >= 4 is 0 Å². The highest BCUT2D eigenvalue weighted by atomic mass is 16.5. The lowest BCUT2D eigenvalue weighted by molar-refractivity contribution is -0.0722. The number of benzene rings is 1. The molecule has 1 aliphatic heterocycles. The molecule has 0 saturated heterocycles. The number of rotatable bonds is 2. The number of hydrogen-bond acceptors (Lipinski definition) is 3. The summed E-state index contributed by atoms with van der Waals surface area (Å²) >= 11 is 0. The van der Waals surface area contributed by atoms with Crippen molar-refractivity contribution in [3.05, 3.63) is 23.8 Å². The minimum atomic E-state index is -0.725. The molecule has 0 radical (unpaired) electrons. The standard InChI is InChI=1S/C18H26O3/c1-13(2)15-6-3-4-9-18(15,19)14-7-8-16-17(12-14)21-11-5-10-20-16/h7-8,12-13,15,19H,3-6,9-11H2,1-2H3. The zero-order valence-corrected chi connectivity index (χ0v) is 13.1. The Balaban J connectivity index is 1.96. The van der Waals surface area contributed by atoms with Crippen LogP contribution in [0, 0.1) is 11.8 Å². The monoisotopic (exact) mass is 290 g/mol. The van der Waals surface area contributed by atoms with Gasteiger partial charge in [-0.15, -0.1) is 0 Å². The van der Waals surface area contributed by atoms with Crippen molar-refractivity contribution in [2.45, 2.75) is 51.6 Å². The molecule has 2 unspecified atom stereocenters. The van der Waals surface area contributed by atoms with Crippen molar-refractivity contribution in [3.63, 3.8) is 0 Å². The zero-order valence-electron chi connectivity index (χ0n) is 13.1.